The van der Waals surface area contributed by atoms with Crippen LogP contribution in [0.4, 0.5) is 0 Å². The summed E-state index contributed by atoms with van der Waals surface area (Å²) in [6.45, 7) is 2.69. The van der Waals surface area contributed by atoms with E-state index in [9.17, 15) is 4.79 Å². The summed E-state index contributed by atoms with van der Waals surface area (Å²) in [4.78, 5) is 11.0. The Balaban J connectivity index is 3.96. The van der Waals surface area contributed by atoms with E-state index in [4.69, 9.17) is 10.2 Å². The van der Waals surface area contributed by atoms with Crippen molar-refractivity contribution in [3.63, 3.8) is 0 Å². The number of esters is 1. The first-order chi connectivity index (χ1) is 6.11. The van der Waals surface area contributed by atoms with Gasteiger partial charge in [-0.15, -0.1) is 5.73 Å². The molecule has 0 saturated carbocycles. The highest BCUT2D eigenvalue weighted by molar-refractivity contribution is 5.87. The van der Waals surface area contributed by atoms with Crippen molar-refractivity contribution >= 4 is 5.97 Å². The zero-order chi connectivity index (χ0) is 10.3. The van der Waals surface area contributed by atoms with E-state index in [1.54, 1.807) is 19.9 Å². The first-order valence-corrected chi connectivity index (χ1v) is 3.95. The molecule has 1 unspecified atom stereocenters. The van der Waals surface area contributed by atoms with Crippen LogP contribution in [-0.4, -0.2) is 35.5 Å². The monoisotopic (exact) mass is 186 g/mol. The molecule has 0 aliphatic rings. The SMILES string of the molecule is CC=C=C(C)C(=O)OCC(O)CO. The number of hydrogen-bond acceptors (Lipinski definition) is 4. The lowest BCUT2D eigenvalue weighted by Gasteiger charge is -2.07. The molecule has 4 heteroatoms. The van der Waals surface area contributed by atoms with Crippen molar-refractivity contribution in [3.05, 3.63) is 17.4 Å². The van der Waals surface area contributed by atoms with Gasteiger partial charge in [0.05, 0.1) is 12.2 Å². The largest absolute Gasteiger partial charge is 0.459 e. The van der Waals surface area contributed by atoms with Crippen molar-refractivity contribution in [2.75, 3.05) is 13.2 Å². The summed E-state index contributed by atoms with van der Waals surface area (Å²) in [5, 5.41) is 17.3. The van der Waals surface area contributed by atoms with E-state index in [1.165, 1.54) is 0 Å². The van der Waals surface area contributed by atoms with Crippen LogP contribution < -0.4 is 0 Å². The molecule has 0 saturated heterocycles. The molecule has 0 heterocycles. The van der Waals surface area contributed by atoms with Crippen LogP contribution in [0.1, 0.15) is 13.8 Å². The maximum absolute atomic E-state index is 11.0. The normalized spacial score (nSPS) is 11.4. The second-order valence-corrected chi connectivity index (χ2v) is 2.49. The van der Waals surface area contributed by atoms with Crippen molar-refractivity contribution in [2.45, 2.75) is 20.0 Å². The average molecular weight is 186 g/mol. The Hall–Kier alpha value is -1.09. The maximum Gasteiger partial charge on any atom is 0.341 e. The molecular weight excluding hydrogens is 172 g/mol. The fourth-order valence-corrected chi connectivity index (χ4v) is 0.608. The number of aliphatic hydroxyl groups excluding tert-OH is 2. The van der Waals surface area contributed by atoms with E-state index in [0.717, 1.165) is 0 Å². The first kappa shape index (κ1) is 11.9. The van der Waals surface area contributed by atoms with Gasteiger partial charge < -0.3 is 14.9 Å². The van der Waals surface area contributed by atoms with Gasteiger partial charge in [-0.3, -0.25) is 0 Å². The number of carbonyl (C=O) groups is 1. The van der Waals surface area contributed by atoms with Crippen LogP contribution in [0.25, 0.3) is 0 Å². The topological polar surface area (TPSA) is 66.8 Å². The zero-order valence-corrected chi connectivity index (χ0v) is 7.78. The van der Waals surface area contributed by atoms with Gasteiger partial charge in [0.2, 0.25) is 0 Å². The minimum Gasteiger partial charge on any atom is -0.459 e. The van der Waals surface area contributed by atoms with Crippen LogP contribution in [0.15, 0.2) is 17.4 Å². The minimum atomic E-state index is -1.01. The Morgan fingerprint density at radius 3 is 2.77 bits per heavy atom. The van der Waals surface area contributed by atoms with Gasteiger partial charge in [0.15, 0.2) is 0 Å². The Morgan fingerprint density at radius 1 is 1.69 bits per heavy atom. The van der Waals surface area contributed by atoms with E-state index in [-0.39, 0.29) is 6.61 Å². The van der Waals surface area contributed by atoms with Crippen LogP contribution >= 0.6 is 0 Å². The minimum absolute atomic E-state index is 0.196. The van der Waals surface area contributed by atoms with Gasteiger partial charge in [-0.1, -0.05) is 0 Å². The average Bonchev–Trinajstić information content (AvgIpc) is 2.13. The van der Waals surface area contributed by atoms with E-state index in [1.807, 2.05) is 0 Å². The standard InChI is InChI=1S/C9H14O4/c1-3-4-7(2)9(12)13-6-8(11)5-10/h3,8,10-11H,5-6H2,1-2H3. The predicted molar refractivity (Wildman–Crippen MR) is 47.0 cm³/mol. The molecule has 0 bridgehead atoms. The molecule has 13 heavy (non-hydrogen) atoms. The van der Waals surface area contributed by atoms with Gasteiger partial charge in [-0.05, 0) is 19.9 Å². The summed E-state index contributed by atoms with van der Waals surface area (Å²) in [6, 6.07) is 0. The van der Waals surface area contributed by atoms with Crippen molar-refractivity contribution in [2.24, 2.45) is 0 Å². The van der Waals surface area contributed by atoms with Gasteiger partial charge in [0.25, 0.3) is 0 Å². The summed E-state index contributed by atoms with van der Waals surface area (Å²) in [6.07, 6.45) is 0.585. The van der Waals surface area contributed by atoms with Crippen molar-refractivity contribution in [1.29, 1.82) is 0 Å². The lowest BCUT2D eigenvalue weighted by atomic mass is 10.3. The summed E-state index contributed by atoms with van der Waals surface area (Å²) < 4.78 is 4.64. The van der Waals surface area contributed by atoms with Gasteiger partial charge in [-0.2, -0.15) is 0 Å². The number of carbonyl (C=O) groups excluding carboxylic acids is 1. The molecule has 0 aromatic rings. The third kappa shape index (κ3) is 5.20. The molecule has 0 spiro atoms. The molecule has 1 atom stereocenters. The molecule has 0 fully saturated rings. The smallest absolute Gasteiger partial charge is 0.341 e. The van der Waals surface area contributed by atoms with Crippen LogP contribution in [-0.2, 0) is 9.53 Å². The van der Waals surface area contributed by atoms with Gasteiger partial charge in [0, 0.05) is 0 Å². The maximum atomic E-state index is 11.0. The number of rotatable bonds is 4. The molecule has 74 valence electrons. The highest BCUT2D eigenvalue weighted by atomic mass is 16.5. The third-order valence-corrected chi connectivity index (χ3v) is 1.28. The van der Waals surface area contributed by atoms with Crippen LogP contribution in [0.3, 0.4) is 0 Å². The van der Waals surface area contributed by atoms with Crippen LogP contribution in [0.2, 0.25) is 0 Å². The van der Waals surface area contributed by atoms with E-state index < -0.39 is 18.7 Å². The molecule has 0 radical (unpaired) electrons. The molecule has 0 aromatic heterocycles. The number of ether oxygens (including phenoxy) is 1. The van der Waals surface area contributed by atoms with Crippen LogP contribution in [0, 0.1) is 0 Å². The Morgan fingerprint density at radius 2 is 2.31 bits per heavy atom. The molecule has 0 amide bonds. The first-order valence-electron chi connectivity index (χ1n) is 3.95. The zero-order valence-electron chi connectivity index (χ0n) is 7.78. The fourth-order valence-electron chi connectivity index (χ4n) is 0.608. The van der Waals surface area contributed by atoms with Crippen molar-refractivity contribution in [3.8, 4) is 0 Å². The second-order valence-electron chi connectivity index (χ2n) is 2.49. The lowest BCUT2D eigenvalue weighted by molar-refractivity contribution is -0.142. The second kappa shape index (κ2) is 6.43. The van der Waals surface area contributed by atoms with E-state index in [0.29, 0.717) is 5.57 Å². The molecule has 0 aliphatic heterocycles. The van der Waals surface area contributed by atoms with Crippen molar-refractivity contribution < 1.29 is 19.7 Å². The van der Waals surface area contributed by atoms with E-state index >= 15 is 0 Å². The third-order valence-electron chi connectivity index (χ3n) is 1.28. The van der Waals surface area contributed by atoms with Crippen molar-refractivity contribution in [1.82, 2.24) is 0 Å². The summed E-state index contributed by atoms with van der Waals surface area (Å²) in [5.41, 5.74) is 3.00. The summed E-state index contributed by atoms with van der Waals surface area (Å²) in [7, 11) is 0. The Labute approximate surface area is 77.1 Å². The Kier molecular flexibility index (Phi) is 5.89. The highest BCUT2D eigenvalue weighted by Crippen LogP contribution is 1.95. The number of hydrogen-bond donors (Lipinski definition) is 2. The number of aliphatic hydroxyl groups is 2. The molecular formula is C9H14O4. The van der Waals surface area contributed by atoms with Crippen LogP contribution in [0.5, 0.6) is 0 Å². The molecule has 0 aliphatic carbocycles. The lowest BCUT2D eigenvalue weighted by Crippen LogP contribution is -2.22. The molecule has 0 rings (SSSR count). The fraction of sp³-hybridized carbons (Fsp3) is 0.556. The highest BCUT2D eigenvalue weighted by Gasteiger charge is 2.08. The van der Waals surface area contributed by atoms with Gasteiger partial charge in [-0.25, -0.2) is 4.79 Å². The molecule has 2 N–H and O–H groups in total. The quantitative estimate of drug-likeness (QED) is 0.368. The van der Waals surface area contributed by atoms with Gasteiger partial charge >= 0.3 is 5.97 Å². The van der Waals surface area contributed by atoms with Gasteiger partial charge in [0.1, 0.15) is 12.7 Å². The predicted octanol–water partition coefficient (Wildman–Crippen LogP) is 0.00410. The summed E-state index contributed by atoms with van der Waals surface area (Å²) in [5.74, 6) is -0.536. The van der Waals surface area contributed by atoms with E-state index in [2.05, 4.69) is 10.5 Å². The summed E-state index contributed by atoms with van der Waals surface area (Å²) >= 11 is 0. The molecule has 4 nitrogen and oxygen atoms in total. The Bertz CT molecular complexity index is 226. The molecule has 0 aromatic carbocycles.